The zero-order chi connectivity index (χ0) is 26.7. The van der Waals surface area contributed by atoms with Crippen LogP contribution in [-0.2, 0) is 14.6 Å². The third kappa shape index (κ3) is 6.54. The number of hydrogen-bond acceptors (Lipinski definition) is 8. The van der Waals surface area contributed by atoms with Crippen molar-refractivity contribution in [1.29, 1.82) is 0 Å². The second-order valence-electron chi connectivity index (χ2n) is 8.77. The Labute approximate surface area is 218 Å². The number of aliphatic imine (C=N–C) groups is 1. The Balaban J connectivity index is 1.91. The molecule has 0 bridgehead atoms. The van der Waals surface area contributed by atoms with Crippen LogP contribution >= 0.6 is 23.1 Å². The first-order valence-electron chi connectivity index (χ1n) is 10.8. The second-order valence-corrected chi connectivity index (χ2v) is 12.8. The number of amides is 2. The molecule has 0 aliphatic carbocycles. The second kappa shape index (κ2) is 10.9. The maximum absolute atomic E-state index is 13.6. The fourth-order valence-electron chi connectivity index (χ4n) is 3.29. The van der Waals surface area contributed by atoms with Gasteiger partial charge >= 0.3 is 6.09 Å². The van der Waals surface area contributed by atoms with Crippen molar-refractivity contribution >= 4 is 56.3 Å². The molecule has 0 aliphatic heterocycles. The summed E-state index contributed by atoms with van der Waals surface area (Å²) in [7, 11) is -3.86. The fraction of sp³-hybridized carbons (Fsp3) is 0.240. The van der Waals surface area contributed by atoms with Gasteiger partial charge in [0.25, 0.3) is 0 Å². The standard InChI is InChI=1S/C25H27N3O5S3/c1-15-11-17(22(26)29)9-10-19(15)16-7-6-8-18(12-16)36(31,32)20-13-21(35-23(20)34-5)27-14-28-24(30)33-25(2,3)4/h6-14H,1-5H3,(H2,26,29)(H,27,28,30). The lowest BCUT2D eigenvalue weighted by Gasteiger charge is -2.18. The van der Waals surface area contributed by atoms with E-state index in [1.165, 1.54) is 35.5 Å². The summed E-state index contributed by atoms with van der Waals surface area (Å²) in [6.07, 6.45) is 2.31. The highest BCUT2D eigenvalue weighted by atomic mass is 32.2. The van der Waals surface area contributed by atoms with Crippen LogP contribution in [0.2, 0.25) is 0 Å². The number of carbonyl (C=O) groups excluding carboxylic acids is 2. The number of aryl methyl sites for hydroxylation is 1. The number of thiophene rings is 1. The van der Waals surface area contributed by atoms with Crippen LogP contribution in [0.5, 0.6) is 0 Å². The van der Waals surface area contributed by atoms with Gasteiger partial charge in [-0.1, -0.05) is 18.2 Å². The zero-order valence-corrected chi connectivity index (χ0v) is 22.9. The van der Waals surface area contributed by atoms with E-state index in [0.717, 1.165) is 11.1 Å². The number of benzene rings is 2. The summed E-state index contributed by atoms with van der Waals surface area (Å²) in [4.78, 5) is 27.7. The van der Waals surface area contributed by atoms with Crippen molar-refractivity contribution in [2.45, 2.75) is 47.3 Å². The third-order valence-corrected chi connectivity index (χ3v) is 9.08. The highest BCUT2D eigenvalue weighted by Gasteiger charge is 2.25. The molecule has 0 atom stereocenters. The van der Waals surface area contributed by atoms with E-state index >= 15 is 0 Å². The molecule has 3 aromatic rings. The minimum atomic E-state index is -3.86. The summed E-state index contributed by atoms with van der Waals surface area (Å²) in [6, 6.07) is 13.2. The van der Waals surface area contributed by atoms with Gasteiger partial charge in [-0.2, -0.15) is 0 Å². The van der Waals surface area contributed by atoms with E-state index in [9.17, 15) is 18.0 Å². The molecule has 0 radical (unpaired) electrons. The van der Waals surface area contributed by atoms with Crippen LogP contribution in [0.1, 0.15) is 36.7 Å². The highest BCUT2D eigenvalue weighted by molar-refractivity contribution is 8.01. The molecule has 8 nitrogen and oxygen atoms in total. The fourth-order valence-corrected chi connectivity index (χ4v) is 7.16. The summed E-state index contributed by atoms with van der Waals surface area (Å²) < 4.78 is 32.9. The van der Waals surface area contributed by atoms with Crippen LogP contribution in [0, 0.1) is 6.92 Å². The molecule has 2 aromatic carbocycles. The quantitative estimate of drug-likeness (QED) is 0.227. The molecule has 2 amide bonds. The summed E-state index contributed by atoms with van der Waals surface area (Å²) >= 11 is 2.51. The van der Waals surface area contributed by atoms with Crippen LogP contribution in [0.25, 0.3) is 11.1 Å². The number of carbonyl (C=O) groups is 2. The lowest BCUT2D eigenvalue weighted by atomic mass is 9.98. The van der Waals surface area contributed by atoms with Crippen molar-refractivity contribution in [3.05, 3.63) is 59.7 Å². The number of sulfone groups is 1. The zero-order valence-electron chi connectivity index (χ0n) is 20.5. The molecule has 0 aliphatic rings. The van der Waals surface area contributed by atoms with Crippen LogP contribution < -0.4 is 11.1 Å². The molecule has 0 spiro atoms. The topological polar surface area (TPSA) is 128 Å². The number of alkyl carbamates (subject to hydrolysis) is 1. The minimum absolute atomic E-state index is 0.133. The van der Waals surface area contributed by atoms with Gasteiger partial charge in [0.2, 0.25) is 15.7 Å². The van der Waals surface area contributed by atoms with Crippen molar-refractivity contribution < 1.29 is 22.7 Å². The average Bonchev–Trinajstić information content (AvgIpc) is 3.22. The molecule has 3 N–H and O–H groups in total. The highest BCUT2D eigenvalue weighted by Crippen LogP contribution is 2.41. The van der Waals surface area contributed by atoms with E-state index in [4.69, 9.17) is 10.5 Å². The van der Waals surface area contributed by atoms with Crippen molar-refractivity contribution in [3.8, 4) is 11.1 Å². The van der Waals surface area contributed by atoms with E-state index in [-0.39, 0.29) is 9.79 Å². The predicted molar refractivity (Wildman–Crippen MR) is 144 cm³/mol. The number of nitrogens with two attached hydrogens (primary N) is 1. The van der Waals surface area contributed by atoms with E-state index in [2.05, 4.69) is 10.3 Å². The first kappa shape index (κ1) is 27.4. The van der Waals surface area contributed by atoms with Gasteiger partial charge in [0.1, 0.15) is 10.6 Å². The van der Waals surface area contributed by atoms with Gasteiger partial charge in [-0.05, 0) is 81.0 Å². The average molecular weight is 546 g/mol. The molecule has 0 saturated carbocycles. The SMILES string of the molecule is CSc1sc(/N=C/NC(=O)OC(C)(C)C)cc1S(=O)(=O)c1cccc(-c2ccc(C(N)=O)cc2C)c1. The molecule has 1 heterocycles. The molecule has 1 aromatic heterocycles. The van der Waals surface area contributed by atoms with Crippen molar-refractivity contribution in [2.24, 2.45) is 10.7 Å². The third-order valence-electron chi connectivity index (χ3n) is 4.87. The number of thioether (sulfide) groups is 1. The monoisotopic (exact) mass is 545 g/mol. The molecular formula is C25H27N3O5S3. The lowest BCUT2D eigenvalue weighted by Crippen LogP contribution is -2.31. The Morgan fingerprint density at radius 1 is 1.14 bits per heavy atom. The maximum atomic E-state index is 13.6. The van der Waals surface area contributed by atoms with E-state index in [0.29, 0.717) is 20.3 Å². The van der Waals surface area contributed by atoms with Crippen LogP contribution in [0.4, 0.5) is 9.80 Å². The largest absolute Gasteiger partial charge is 0.444 e. The molecule has 190 valence electrons. The van der Waals surface area contributed by atoms with Crippen molar-refractivity contribution in [3.63, 3.8) is 0 Å². The summed E-state index contributed by atoms with van der Waals surface area (Å²) in [5.41, 5.74) is 7.40. The Morgan fingerprint density at radius 3 is 2.47 bits per heavy atom. The molecule has 0 saturated heterocycles. The molecule has 11 heteroatoms. The lowest BCUT2D eigenvalue weighted by molar-refractivity contribution is 0.0565. The van der Waals surface area contributed by atoms with Gasteiger partial charge in [0.15, 0.2) is 0 Å². The summed E-state index contributed by atoms with van der Waals surface area (Å²) in [5, 5.41) is 2.83. The number of hydrogen-bond donors (Lipinski definition) is 2. The van der Waals surface area contributed by atoms with Gasteiger partial charge in [0.05, 0.1) is 20.3 Å². The van der Waals surface area contributed by atoms with Crippen LogP contribution in [0.15, 0.2) is 67.5 Å². The summed E-state index contributed by atoms with van der Waals surface area (Å²) in [6.45, 7) is 7.08. The maximum Gasteiger partial charge on any atom is 0.412 e. The van der Waals surface area contributed by atoms with Gasteiger partial charge in [-0.25, -0.2) is 18.2 Å². The predicted octanol–water partition coefficient (Wildman–Crippen LogP) is 5.56. The van der Waals surface area contributed by atoms with Gasteiger partial charge in [-0.3, -0.25) is 10.1 Å². The van der Waals surface area contributed by atoms with E-state index in [1.54, 1.807) is 63.4 Å². The molecule has 36 heavy (non-hydrogen) atoms. The van der Waals surface area contributed by atoms with Crippen molar-refractivity contribution in [2.75, 3.05) is 6.26 Å². The van der Waals surface area contributed by atoms with E-state index < -0.39 is 27.4 Å². The number of rotatable bonds is 7. The Kier molecular flexibility index (Phi) is 8.27. The summed E-state index contributed by atoms with van der Waals surface area (Å²) in [5.74, 6) is -0.525. The number of primary amides is 1. The van der Waals surface area contributed by atoms with Crippen molar-refractivity contribution in [1.82, 2.24) is 5.32 Å². The Hall–Kier alpha value is -3.15. The molecule has 3 rings (SSSR count). The minimum Gasteiger partial charge on any atom is -0.444 e. The molecule has 0 unspecified atom stereocenters. The first-order chi connectivity index (χ1) is 16.8. The van der Waals surface area contributed by atoms with E-state index in [1.807, 2.05) is 13.0 Å². The van der Waals surface area contributed by atoms with Crippen LogP contribution in [0.3, 0.4) is 0 Å². The van der Waals surface area contributed by atoms with Crippen LogP contribution in [-0.4, -0.2) is 38.6 Å². The van der Waals surface area contributed by atoms with Gasteiger partial charge < -0.3 is 10.5 Å². The number of nitrogens with one attached hydrogen (secondary N) is 1. The molecule has 0 fully saturated rings. The smallest absolute Gasteiger partial charge is 0.412 e. The Morgan fingerprint density at radius 2 is 1.86 bits per heavy atom. The Bertz CT molecular complexity index is 1440. The number of nitrogens with zero attached hydrogens (tertiary/aromatic N) is 1. The van der Waals surface area contributed by atoms with Gasteiger partial charge in [-0.15, -0.1) is 23.1 Å². The molecular weight excluding hydrogens is 518 g/mol. The number of ether oxygens (including phenoxy) is 1. The van der Waals surface area contributed by atoms with Gasteiger partial charge in [0, 0.05) is 5.56 Å². The first-order valence-corrected chi connectivity index (χ1v) is 14.3. The normalized spacial score (nSPS) is 12.0.